The third-order valence-corrected chi connectivity index (χ3v) is 5.34. The number of ether oxygens (including phenoxy) is 1. The van der Waals surface area contributed by atoms with Crippen molar-refractivity contribution < 1.29 is 9.53 Å². The Morgan fingerprint density at radius 2 is 1.75 bits per heavy atom. The summed E-state index contributed by atoms with van der Waals surface area (Å²) in [5.41, 5.74) is 1.29. The normalized spacial score (nSPS) is 22.9. The van der Waals surface area contributed by atoms with Crippen LogP contribution in [-0.2, 0) is 11.3 Å². The average molecular weight is 330 g/mol. The summed E-state index contributed by atoms with van der Waals surface area (Å²) in [7, 11) is 1.69. The zero-order valence-corrected chi connectivity index (χ0v) is 14.9. The molecule has 1 aromatic rings. The first-order valence-electron chi connectivity index (χ1n) is 9.40. The minimum absolute atomic E-state index is 0.190. The lowest BCUT2D eigenvalue weighted by molar-refractivity contribution is -0.137. The monoisotopic (exact) mass is 330 g/mol. The molecule has 2 fully saturated rings. The number of rotatable bonds is 4. The van der Waals surface area contributed by atoms with Crippen molar-refractivity contribution in [2.75, 3.05) is 33.3 Å². The number of hydrogen-bond donors (Lipinski definition) is 0. The van der Waals surface area contributed by atoms with Crippen LogP contribution >= 0.6 is 0 Å². The predicted molar refractivity (Wildman–Crippen MR) is 96.0 cm³/mol. The molecule has 132 valence electrons. The highest BCUT2D eigenvalue weighted by Crippen LogP contribution is 2.23. The second-order valence-corrected chi connectivity index (χ2v) is 7.16. The van der Waals surface area contributed by atoms with Gasteiger partial charge in [0.2, 0.25) is 5.91 Å². The maximum atomic E-state index is 12.9. The fourth-order valence-electron chi connectivity index (χ4n) is 3.94. The number of carbonyl (C=O) groups is 1. The van der Waals surface area contributed by atoms with Gasteiger partial charge >= 0.3 is 0 Å². The average Bonchev–Trinajstić information content (AvgIpc) is 2.91. The van der Waals surface area contributed by atoms with Crippen LogP contribution in [0, 0.1) is 5.92 Å². The summed E-state index contributed by atoms with van der Waals surface area (Å²) >= 11 is 0. The Balaban J connectivity index is 1.55. The molecule has 3 rings (SSSR count). The van der Waals surface area contributed by atoms with E-state index in [0.29, 0.717) is 5.91 Å². The molecule has 2 aliphatic heterocycles. The molecule has 24 heavy (non-hydrogen) atoms. The van der Waals surface area contributed by atoms with E-state index in [2.05, 4.69) is 21.9 Å². The van der Waals surface area contributed by atoms with Crippen LogP contribution in [-0.4, -0.2) is 49.0 Å². The highest BCUT2D eigenvalue weighted by Gasteiger charge is 2.29. The zero-order valence-electron chi connectivity index (χ0n) is 14.9. The van der Waals surface area contributed by atoms with Gasteiger partial charge in [-0.3, -0.25) is 9.69 Å². The number of nitrogens with zero attached hydrogens (tertiary/aromatic N) is 2. The molecule has 2 heterocycles. The second kappa shape index (κ2) is 8.52. The fraction of sp³-hybridized carbons (Fsp3) is 0.650. The van der Waals surface area contributed by atoms with E-state index < -0.39 is 0 Å². The third-order valence-electron chi connectivity index (χ3n) is 5.34. The van der Waals surface area contributed by atoms with Crippen LogP contribution in [0.4, 0.5) is 0 Å². The van der Waals surface area contributed by atoms with Gasteiger partial charge in [-0.05, 0) is 49.9 Å². The molecule has 0 bridgehead atoms. The van der Waals surface area contributed by atoms with Crippen LogP contribution in [0.1, 0.15) is 44.1 Å². The lowest BCUT2D eigenvalue weighted by Gasteiger charge is -2.34. The molecule has 1 amide bonds. The Bertz CT molecular complexity index is 521. The Labute approximate surface area is 145 Å². The van der Waals surface area contributed by atoms with Gasteiger partial charge in [0.1, 0.15) is 5.75 Å². The van der Waals surface area contributed by atoms with Crippen LogP contribution in [0.5, 0.6) is 5.75 Å². The Morgan fingerprint density at radius 1 is 1.04 bits per heavy atom. The van der Waals surface area contributed by atoms with E-state index in [4.69, 9.17) is 4.74 Å². The Morgan fingerprint density at radius 3 is 2.42 bits per heavy atom. The van der Waals surface area contributed by atoms with Crippen molar-refractivity contribution >= 4 is 5.91 Å². The first-order valence-corrected chi connectivity index (χ1v) is 9.40. The van der Waals surface area contributed by atoms with E-state index in [0.717, 1.165) is 51.3 Å². The molecule has 0 radical (unpaired) electrons. The number of amides is 1. The second-order valence-electron chi connectivity index (χ2n) is 7.16. The van der Waals surface area contributed by atoms with E-state index in [-0.39, 0.29) is 5.92 Å². The van der Waals surface area contributed by atoms with Gasteiger partial charge in [-0.1, -0.05) is 25.0 Å². The lowest BCUT2D eigenvalue weighted by Crippen LogP contribution is -2.44. The summed E-state index contributed by atoms with van der Waals surface area (Å²) in [4.78, 5) is 17.4. The van der Waals surface area contributed by atoms with Crippen molar-refractivity contribution in [1.82, 2.24) is 9.80 Å². The van der Waals surface area contributed by atoms with Crippen LogP contribution in [0.25, 0.3) is 0 Å². The lowest BCUT2D eigenvalue weighted by atomic mass is 9.96. The van der Waals surface area contributed by atoms with Crippen molar-refractivity contribution in [3.05, 3.63) is 29.8 Å². The van der Waals surface area contributed by atoms with Crippen LogP contribution in [0.3, 0.4) is 0 Å². The summed E-state index contributed by atoms with van der Waals surface area (Å²) in [5.74, 6) is 1.48. The van der Waals surface area contributed by atoms with E-state index in [1.54, 1.807) is 7.11 Å². The number of methoxy groups -OCH3 is 1. The molecule has 0 spiro atoms. The van der Waals surface area contributed by atoms with Crippen molar-refractivity contribution in [3.63, 3.8) is 0 Å². The predicted octanol–water partition coefficient (Wildman–Crippen LogP) is 3.31. The molecule has 4 heteroatoms. The zero-order chi connectivity index (χ0) is 16.8. The van der Waals surface area contributed by atoms with Gasteiger partial charge in [0.25, 0.3) is 0 Å². The van der Waals surface area contributed by atoms with Crippen LogP contribution in [0.2, 0.25) is 0 Å². The van der Waals surface area contributed by atoms with Crippen LogP contribution in [0.15, 0.2) is 24.3 Å². The summed E-state index contributed by atoms with van der Waals surface area (Å²) in [6.45, 7) is 4.85. The minimum Gasteiger partial charge on any atom is -0.497 e. The van der Waals surface area contributed by atoms with Gasteiger partial charge in [-0.25, -0.2) is 0 Å². The Kier molecular flexibility index (Phi) is 6.13. The molecule has 0 N–H and O–H groups in total. The standard InChI is InChI=1S/C20H30N2O2/c1-24-19-10-8-17(9-11-19)15-21-12-6-7-18(16-21)20(23)22-13-4-2-3-5-14-22/h8-11,18H,2-7,12-16H2,1H3. The van der Waals surface area contributed by atoms with Gasteiger partial charge in [0.15, 0.2) is 0 Å². The van der Waals surface area contributed by atoms with E-state index in [9.17, 15) is 4.79 Å². The summed E-state index contributed by atoms with van der Waals surface area (Å²) in [5, 5.41) is 0. The van der Waals surface area contributed by atoms with Gasteiger partial charge in [-0.2, -0.15) is 0 Å². The molecule has 4 nitrogen and oxygen atoms in total. The molecule has 1 unspecified atom stereocenters. The number of hydrogen-bond acceptors (Lipinski definition) is 3. The Hall–Kier alpha value is -1.55. The topological polar surface area (TPSA) is 32.8 Å². The maximum absolute atomic E-state index is 12.9. The number of benzene rings is 1. The van der Waals surface area contributed by atoms with Crippen LogP contribution < -0.4 is 4.74 Å². The molecule has 2 saturated heterocycles. The molecular formula is C20H30N2O2. The summed E-state index contributed by atoms with van der Waals surface area (Å²) in [6, 6.07) is 8.27. The number of carbonyl (C=O) groups excluding carboxylic acids is 1. The molecular weight excluding hydrogens is 300 g/mol. The molecule has 1 atom stereocenters. The largest absolute Gasteiger partial charge is 0.497 e. The van der Waals surface area contributed by atoms with Crippen molar-refractivity contribution in [2.24, 2.45) is 5.92 Å². The number of likely N-dealkylation sites (tertiary alicyclic amines) is 2. The van der Waals surface area contributed by atoms with E-state index >= 15 is 0 Å². The smallest absolute Gasteiger partial charge is 0.226 e. The molecule has 2 aliphatic rings. The number of piperidine rings is 1. The highest BCUT2D eigenvalue weighted by atomic mass is 16.5. The highest BCUT2D eigenvalue weighted by molar-refractivity contribution is 5.79. The quantitative estimate of drug-likeness (QED) is 0.849. The van der Waals surface area contributed by atoms with Gasteiger partial charge in [0.05, 0.1) is 13.0 Å². The van der Waals surface area contributed by atoms with Crippen molar-refractivity contribution in [1.29, 1.82) is 0 Å². The first-order chi connectivity index (χ1) is 11.8. The van der Waals surface area contributed by atoms with E-state index in [1.165, 1.54) is 31.2 Å². The van der Waals surface area contributed by atoms with Gasteiger partial charge < -0.3 is 9.64 Å². The summed E-state index contributed by atoms with van der Waals surface area (Å²) < 4.78 is 5.22. The van der Waals surface area contributed by atoms with Crippen molar-refractivity contribution in [3.8, 4) is 5.75 Å². The minimum atomic E-state index is 0.190. The molecule has 0 aliphatic carbocycles. The molecule has 1 aromatic carbocycles. The SMILES string of the molecule is COc1ccc(CN2CCCC(C(=O)N3CCCCCC3)C2)cc1. The molecule has 0 saturated carbocycles. The first kappa shape index (κ1) is 17.3. The maximum Gasteiger partial charge on any atom is 0.226 e. The fourth-order valence-corrected chi connectivity index (χ4v) is 3.94. The van der Waals surface area contributed by atoms with Gasteiger partial charge in [0, 0.05) is 26.2 Å². The summed E-state index contributed by atoms with van der Waals surface area (Å²) in [6.07, 6.45) is 7.08. The van der Waals surface area contributed by atoms with Gasteiger partial charge in [-0.15, -0.1) is 0 Å². The third kappa shape index (κ3) is 4.50. The van der Waals surface area contributed by atoms with Crippen molar-refractivity contribution in [2.45, 2.75) is 45.1 Å². The molecule has 0 aromatic heterocycles. The van der Waals surface area contributed by atoms with E-state index in [1.807, 2.05) is 12.1 Å².